The maximum Gasteiger partial charge on any atom is 0.229 e. The molecule has 3 aromatic rings. The van der Waals surface area contributed by atoms with E-state index in [1.807, 2.05) is 29.2 Å². The van der Waals surface area contributed by atoms with Crippen molar-refractivity contribution in [2.24, 2.45) is 0 Å². The van der Waals surface area contributed by atoms with E-state index < -0.39 is 10.0 Å². The highest BCUT2D eigenvalue weighted by molar-refractivity contribution is 7.92. The van der Waals surface area contributed by atoms with Crippen molar-refractivity contribution in [3.05, 3.63) is 71.3 Å². The van der Waals surface area contributed by atoms with Gasteiger partial charge in [0, 0.05) is 29.8 Å². The highest BCUT2D eigenvalue weighted by atomic mass is 32.2. The number of sulfonamides is 1. The second kappa shape index (κ2) is 9.27. The van der Waals surface area contributed by atoms with Gasteiger partial charge in [0.25, 0.3) is 0 Å². The Balaban J connectivity index is 1.89. The van der Waals surface area contributed by atoms with Gasteiger partial charge in [0.15, 0.2) is 5.11 Å². The van der Waals surface area contributed by atoms with Crippen LogP contribution in [-0.2, 0) is 16.6 Å². The zero-order chi connectivity index (χ0) is 24.6. The maximum absolute atomic E-state index is 12.0. The minimum Gasteiger partial charge on any atom is -0.495 e. The number of thiocarbonyl (C=S) groups is 1. The van der Waals surface area contributed by atoms with Gasteiger partial charge < -0.3 is 19.5 Å². The number of rotatable bonds is 7. The standard InChI is InChI=1S/C24H29N5O3S2/c1-6-28-15(2)13-18(16(28)3)23-22(19-9-7-8-12-25-19)26-24(33)29(23)17-10-11-21(32-4)20(14-17)27-34(5,30)31/h7-14,22-23,27H,6H2,1-5H3,(H,26,33). The van der Waals surface area contributed by atoms with Crippen LogP contribution in [0.15, 0.2) is 48.7 Å². The molecule has 0 radical (unpaired) electrons. The third-order valence-corrected chi connectivity index (χ3v) is 7.01. The zero-order valence-electron chi connectivity index (χ0n) is 19.9. The van der Waals surface area contributed by atoms with Crippen LogP contribution in [0.2, 0.25) is 0 Å². The third kappa shape index (κ3) is 4.47. The number of nitrogens with one attached hydrogen (secondary N) is 2. The average Bonchev–Trinajstić information content (AvgIpc) is 3.28. The Morgan fingerprint density at radius 3 is 2.56 bits per heavy atom. The Morgan fingerprint density at radius 1 is 1.21 bits per heavy atom. The van der Waals surface area contributed by atoms with Gasteiger partial charge in [0.05, 0.1) is 36.8 Å². The predicted molar refractivity (Wildman–Crippen MR) is 139 cm³/mol. The van der Waals surface area contributed by atoms with E-state index >= 15 is 0 Å². The molecule has 0 saturated carbocycles. The molecule has 2 aromatic heterocycles. The molecule has 1 aliphatic heterocycles. The number of benzene rings is 1. The Kier molecular flexibility index (Phi) is 6.55. The van der Waals surface area contributed by atoms with Gasteiger partial charge in [-0.15, -0.1) is 0 Å². The molecule has 2 unspecified atom stereocenters. The molecule has 0 bridgehead atoms. The molecule has 8 nitrogen and oxygen atoms in total. The number of anilines is 2. The van der Waals surface area contributed by atoms with Crippen LogP contribution in [0.5, 0.6) is 5.75 Å². The quantitative estimate of drug-likeness (QED) is 0.474. The molecule has 34 heavy (non-hydrogen) atoms. The highest BCUT2D eigenvalue weighted by Crippen LogP contribution is 2.44. The molecule has 4 rings (SSSR count). The second-order valence-corrected chi connectivity index (χ2v) is 10.5. The highest BCUT2D eigenvalue weighted by Gasteiger charge is 2.42. The SMILES string of the molecule is CCn1c(C)cc(C2C(c3ccccn3)NC(=S)N2c2ccc(OC)c(NS(C)(=O)=O)c2)c1C. The fourth-order valence-corrected chi connectivity index (χ4v) is 5.59. The van der Waals surface area contributed by atoms with Gasteiger partial charge in [-0.25, -0.2) is 8.42 Å². The summed E-state index contributed by atoms with van der Waals surface area (Å²) in [7, 11) is -2.00. The number of nitrogens with zero attached hydrogens (tertiary/aromatic N) is 3. The Labute approximate surface area is 206 Å². The third-order valence-electron chi connectivity index (χ3n) is 6.10. The van der Waals surface area contributed by atoms with Crippen molar-refractivity contribution in [3.8, 4) is 5.75 Å². The van der Waals surface area contributed by atoms with Crippen molar-refractivity contribution in [1.29, 1.82) is 0 Å². The largest absolute Gasteiger partial charge is 0.495 e. The minimum absolute atomic E-state index is 0.187. The topological polar surface area (TPSA) is 88.5 Å². The van der Waals surface area contributed by atoms with Crippen LogP contribution >= 0.6 is 12.2 Å². The monoisotopic (exact) mass is 499 g/mol. The first-order chi connectivity index (χ1) is 16.1. The number of ether oxygens (including phenoxy) is 1. The van der Waals surface area contributed by atoms with E-state index in [1.165, 1.54) is 12.8 Å². The fourth-order valence-electron chi connectivity index (χ4n) is 4.69. The molecule has 1 fully saturated rings. The summed E-state index contributed by atoms with van der Waals surface area (Å²) in [6, 6.07) is 13.0. The summed E-state index contributed by atoms with van der Waals surface area (Å²) in [4.78, 5) is 6.64. The summed E-state index contributed by atoms with van der Waals surface area (Å²) in [6.45, 7) is 7.21. The summed E-state index contributed by atoms with van der Waals surface area (Å²) < 4.78 is 34.2. The molecule has 1 aliphatic rings. The van der Waals surface area contributed by atoms with Crippen LogP contribution in [0.3, 0.4) is 0 Å². The van der Waals surface area contributed by atoms with Crippen molar-refractivity contribution in [1.82, 2.24) is 14.9 Å². The first-order valence-electron chi connectivity index (χ1n) is 11.0. The van der Waals surface area contributed by atoms with E-state index in [1.54, 1.807) is 18.3 Å². The van der Waals surface area contributed by atoms with E-state index in [0.29, 0.717) is 16.5 Å². The van der Waals surface area contributed by atoms with Gasteiger partial charge in [-0.2, -0.15) is 0 Å². The molecule has 0 amide bonds. The van der Waals surface area contributed by atoms with Crippen LogP contribution in [0.25, 0.3) is 0 Å². The minimum atomic E-state index is -3.51. The predicted octanol–water partition coefficient (Wildman–Crippen LogP) is 4.08. The normalized spacial score (nSPS) is 18.1. The van der Waals surface area contributed by atoms with Gasteiger partial charge in [-0.1, -0.05) is 6.07 Å². The van der Waals surface area contributed by atoms with Crippen LogP contribution in [0.1, 0.15) is 41.7 Å². The van der Waals surface area contributed by atoms with Gasteiger partial charge >= 0.3 is 0 Å². The molecule has 0 spiro atoms. The molecule has 180 valence electrons. The van der Waals surface area contributed by atoms with E-state index in [0.717, 1.165) is 35.4 Å². The number of aromatic nitrogens is 2. The van der Waals surface area contributed by atoms with Crippen LogP contribution in [0, 0.1) is 13.8 Å². The molecule has 3 heterocycles. The number of aryl methyl sites for hydroxylation is 1. The lowest BCUT2D eigenvalue weighted by atomic mass is 9.96. The summed E-state index contributed by atoms with van der Waals surface area (Å²) in [5.41, 5.74) is 5.43. The molecule has 0 aliphatic carbocycles. The van der Waals surface area contributed by atoms with Gasteiger partial charge in [0.2, 0.25) is 10.0 Å². The second-order valence-electron chi connectivity index (χ2n) is 8.33. The molecule has 2 atom stereocenters. The fraction of sp³-hybridized carbons (Fsp3) is 0.333. The zero-order valence-corrected chi connectivity index (χ0v) is 21.5. The Hall–Kier alpha value is -3.11. The lowest BCUT2D eigenvalue weighted by Crippen LogP contribution is -2.29. The Morgan fingerprint density at radius 2 is 1.97 bits per heavy atom. The number of hydrogen-bond acceptors (Lipinski definition) is 5. The number of methoxy groups -OCH3 is 1. The van der Waals surface area contributed by atoms with Crippen molar-refractivity contribution >= 4 is 38.7 Å². The molecule has 1 aromatic carbocycles. The summed E-state index contributed by atoms with van der Waals surface area (Å²) in [6.07, 6.45) is 2.89. The maximum atomic E-state index is 12.0. The first-order valence-corrected chi connectivity index (χ1v) is 13.3. The molecule has 2 N–H and O–H groups in total. The van der Waals surface area contributed by atoms with Gasteiger partial charge in [0.1, 0.15) is 5.75 Å². The van der Waals surface area contributed by atoms with E-state index in [9.17, 15) is 8.42 Å². The lowest BCUT2D eigenvalue weighted by molar-refractivity contribution is 0.417. The van der Waals surface area contributed by atoms with Crippen molar-refractivity contribution in [3.63, 3.8) is 0 Å². The summed E-state index contributed by atoms with van der Waals surface area (Å²) in [5.74, 6) is 0.425. The average molecular weight is 500 g/mol. The molecule has 10 heteroatoms. The molecule has 1 saturated heterocycles. The van der Waals surface area contributed by atoms with Gasteiger partial charge in [-0.05, 0) is 75.0 Å². The number of pyridine rings is 1. The summed E-state index contributed by atoms with van der Waals surface area (Å²) in [5, 5.41) is 3.99. The summed E-state index contributed by atoms with van der Waals surface area (Å²) >= 11 is 5.81. The van der Waals surface area contributed by atoms with Crippen LogP contribution in [-0.4, -0.2) is 36.4 Å². The van der Waals surface area contributed by atoms with Crippen LogP contribution < -0.4 is 19.7 Å². The molecular formula is C24H29N5O3S2. The first kappa shape index (κ1) is 24.0. The van der Waals surface area contributed by atoms with Crippen molar-refractivity contribution in [2.45, 2.75) is 39.4 Å². The van der Waals surface area contributed by atoms with Crippen molar-refractivity contribution < 1.29 is 13.2 Å². The Bertz CT molecular complexity index is 1320. The molecular weight excluding hydrogens is 470 g/mol. The van der Waals surface area contributed by atoms with Crippen LogP contribution in [0.4, 0.5) is 11.4 Å². The lowest BCUT2D eigenvalue weighted by Gasteiger charge is -2.29. The van der Waals surface area contributed by atoms with E-state index in [2.05, 4.69) is 46.4 Å². The number of hydrogen-bond donors (Lipinski definition) is 2. The van der Waals surface area contributed by atoms with Gasteiger partial charge in [-0.3, -0.25) is 9.71 Å². The van der Waals surface area contributed by atoms with E-state index in [4.69, 9.17) is 17.0 Å². The van der Waals surface area contributed by atoms with E-state index in [-0.39, 0.29) is 12.1 Å². The van der Waals surface area contributed by atoms with Crippen molar-refractivity contribution in [2.75, 3.05) is 23.0 Å². The smallest absolute Gasteiger partial charge is 0.229 e.